The van der Waals surface area contributed by atoms with Crippen LogP contribution in [0.2, 0.25) is 0 Å². The zero-order valence-corrected chi connectivity index (χ0v) is 14.5. The van der Waals surface area contributed by atoms with Crippen LogP contribution in [0, 0.1) is 5.41 Å². The summed E-state index contributed by atoms with van der Waals surface area (Å²) in [6.45, 7) is 10.6. The third kappa shape index (κ3) is 6.20. The normalized spacial score (nSPS) is 12.5. The number of anilines is 1. The number of carbonyl (C=O) groups is 1. The van der Waals surface area contributed by atoms with Gasteiger partial charge in [-0.05, 0) is 49.5 Å². The van der Waals surface area contributed by atoms with E-state index in [0.29, 0.717) is 11.4 Å². The van der Waals surface area contributed by atoms with Crippen molar-refractivity contribution in [2.24, 2.45) is 5.41 Å². The molecule has 1 rings (SSSR count). The van der Waals surface area contributed by atoms with Crippen LogP contribution in [0.25, 0.3) is 6.08 Å². The van der Waals surface area contributed by atoms with E-state index in [9.17, 15) is 4.79 Å². The van der Waals surface area contributed by atoms with Gasteiger partial charge in [0.1, 0.15) is 5.75 Å². The smallest absolute Gasteiger partial charge is 0.244 e. The second-order valence-corrected chi connectivity index (χ2v) is 7.45. The number of rotatable bonds is 5. The van der Waals surface area contributed by atoms with Crippen LogP contribution in [0.5, 0.6) is 5.75 Å². The third-order valence-corrected chi connectivity index (χ3v) is 3.11. The zero-order valence-electron chi connectivity index (χ0n) is 14.5. The van der Waals surface area contributed by atoms with Crippen molar-refractivity contribution in [3.05, 3.63) is 29.8 Å². The van der Waals surface area contributed by atoms with Gasteiger partial charge in [-0.2, -0.15) is 0 Å². The molecule has 0 aromatic heterocycles. The van der Waals surface area contributed by atoms with E-state index in [1.165, 1.54) is 6.08 Å². The first kappa shape index (κ1) is 18.1. The second-order valence-electron chi connectivity index (χ2n) is 7.45. The third-order valence-electron chi connectivity index (χ3n) is 3.11. The SMILES string of the molecule is COc1ccc(/C=C\C(=O)NC(C)(C)CC(C)(C)C)cc1N. The van der Waals surface area contributed by atoms with Gasteiger partial charge < -0.3 is 15.8 Å². The molecule has 122 valence electrons. The van der Waals surface area contributed by atoms with Crippen LogP contribution in [-0.4, -0.2) is 18.6 Å². The number of hydrogen-bond acceptors (Lipinski definition) is 3. The minimum atomic E-state index is -0.251. The molecule has 0 unspecified atom stereocenters. The van der Waals surface area contributed by atoms with Crippen molar-refractivity contribution >= 4 is 17.7 Å². The van der Waals surface area contributed by atoms with Crippen LogP contribution in [0.1, 0.15) is 46.6 Å². The highest BCUT2D eigenvalue weighted by molar-refractivity contribution is 5.92. The van der Waals surface area contributed by atoms with Gasteiger partial charge in [0.05, 0.1) is 12.8 Å². The molecule has 0 bridgehead atoms. The number of nitrogens with two attached hydrogens (primary N) is 1. The molecule has 1 aromatic rings. The summed E-state index contributed by atoms with van der Waals surface area (Å²) < 4.78 is 5.11. The number of methoxy groups -OCH3 is 1. The van der Waals surface area contributed by atoms with Gasteiger partial charge in [-0.15, -0.1) is 0 Å². The van der Waals surface area contributed by atoms with E-state index >= 15 is 0 Å². The fourth-order valence-electron chi connectivity index (χ4n) is 2.77. The number of hydrogen-bond donors (Lipinski definition) is 2. The van der Waals surface area contributed by atoms with Crippen LogP contribution in [0.3, 0.4) is 0 Å². The fourth-order valence-corrected chi connectivity index (χ4v) is 2.77. The van der Waals surface area contributed by atoms with Crippen LogP contribution >= 0.6 is 0 Å². The molecular weight excluding hydrogens is 276 g/mol. The Balaban J connectivity index is 2.70. The number of nitrogens with one attached hydrogen (secondary N) is 1. The Labute approximate surface area is 133 Å². The molecule has 0 fully saturated rings. The quantitative estimate of drug-likeness (QED) is 0.645. The number of carbonyl (C=O) groups excluding carboxylic acids is 1. The Morgan fingerprint density at radius 1 is 1.27 bits per heavy atom. The summed E-state index contributed by atoms with van der Waals surface area (Å²) in [4.78, 5) is 12.1. The molecule has 4 heteroatoms. The average molecular weight is 304 g/mol. The summed E-state index contributed by atoms with van der Waals surface area (Å²) in [5.74, 6) is 0.525. The van der Waals surface area contributed by atoms with Gasteiger partial charge in [0.15, 0.2) is 0 Å². The minimum absolute atomic E-state index is 0.108. The monoisotopic (exact) mass is 304 g/mol. The number of nitrogen functional groups attached to an aromatic ring is 1. The lowest BCUT2D eigenvalue weighted by molar-refractivity contribution is -0.118. The van der Waals surface area contributed by atoms with E-state index in [1.54, 1.807) is 25.3 Å². The molecule has 0 radical (unpaired) electrons. The highest BCUT2D eigenvalue weighted by Gasteiger charge is 2.26. The topological polar surface area (TPSA) is 64.3 Å². The minimum Gasteiger partial charge on any atom is -0.495 e. The van der Waals surface area contributed by atoms with E-state index in [4.69, 9.17) is 10.5 Å². The molecule has 0 aliphatic heterocycles. The maximum atomic E-state index is 12.1. The van der Waals surface area contributed by atoms with Crippen molar-refractivity contribution in [1.29, 1.82) is 0 Å². The summed E-state index contributed by atoms with van der Waals surface area (Å²) in [6.07, 6.45) is 4.18. The first-order chi connectivity index (χ1) is 10.0. The Kier molecular flexibility index (Phi) is 5.64. The molecule has 0 atom stereocenters. The summed E-state index contributed by atoms with van der Waals surface area (Å²) >= 11 is 0. The molecule has 0 saturated heterocycles. The van der Waals surface area contributed by atoms with Crippen molar-refractivity contribution in [2.45, 2.75) is 46.6 Å². The second kappa shape index (κ2) is 6.86. The molecular formula is C18H28N2O2. The Morgan fingerprint density at radius 3 is 2.41 bits per heavy atom. The molecule has 3 N–H and O–H groups in total. The fraction of sp³-hybridized carbons (Fsp3) is 0.500. The summed E-state index contributed by atoms with van der Waals surface area (Å²) in [5, 5.41) is 3.04. The van der Waals surface area contributed by atoms with E-state index in [2.05, 4.69) is 26.1 Å². The van der Waals surface area contributed by atoms with E-state index in [0.717, 1.165) is 12.0 Å². The Bertz CT molecular complexity index is 555. The van der Waals surface area contributed by atoms with Gasteiger partial charge in [-0.1, -0.05) is 26.8 Å². The van der Waals surface area contributed by atoms with E-state index in [1.807, 2.05) is 19.9 Å². The molecule has 1 amide bonds. The first-order valence-corrected chi connectivity index (χ1v) is 7.46. The predicted octanol–water partition coefficient (Wildman–Crippen LogP) is 3.62. The van der Waals surface area contributed by atoms with Gasteiger partial charge >= 0.3 is 0 Å². The average Bonchev–Trinajstić information content (AvgIpc) is 2.32. The summed E-state index contributed by atoms with van der Waals surface area (Å²) in [5.41, 5.74) is 7.17. The van der Waals surface area contributed by atoms with Crippen molar-refractivity contribution in [3.63, 3.8) is 0 Å². The summed E-state index contributed by atoms with van der Waals surface area (Å²) in [7, 11) is 1.58. The lowest BCUT2D eigenvalue weighted by atomic mass is 9.82. The maximum absolute atomic E-state index is 12.1. The van der Waals surface area contributed by atoms with E-state index in [-0.39, 0.29) is 16.9 Å². The van der Waals surface area contributed by atoms with Gasteiger partial charge in [0.25, 0.3) is 0 Å². The maximum Gasteiger partial charge on any atom is 0.244 e. The van der Waals surface area contributed by atoms with Crippen molar-refractivity contribution in [3.8, 4) is 5.75 Å². The highest BCUT2D eigenvalue weighted by Crippen LogP contribution is 2.27. The van der Waals surface area contributed by atoms with Gasteiger partial charge in [0, 0.05) is 11.6 Å². The molecule has 4 nitrogen and oxygen atoms in total. The zero-order chi connectivity index (χ0) is 17.0. The Morgan fingerprint density at radius 2 is 1.91 bits per heavy atom. The largest absolute Gasteiger partial charge is 0.495 e. The number of ether oxygens (including phenoxy) is 1. The molecule has 0 aliphatic rings. The number of benzene rings is 1. The van der Waals surface area contributed by atoms with Crippen molar-refractivity contribution in [1.82, 2.24) is 5.32 Å². The molecule has 0 heterocycles. The van der Waals surface area contributed by atoms with Crippen molar-refractivity contribution < 1.29 is 9.53 Å². The highest BCUT2D eigenvalue weighted by atomic mass is 16.5. The van der Waals surface area contributed by atoms with Crippen LogP contribution in [0.15, 0.2) is 24.3 Å². The van der Waals surface area contributed by atoms with Crippen LogP contribution in [-0.2, 0) is 4.79 Å². The van der Waals surface area contributed by atoms with Gasteiger partial charge in [-0.3, -0.25) is 4.79 Å². The first-order valence-electron chi connectivity index (χ1n) is 7.46. The molecule has 0 saturated carbocycles. The van der Waals surface area contributed by atoms with Gasteiger partial charge in [-0.25, -0.2) is 0 Å². The van der Waals surface area contributed by atoms with Crippen LogP contribution in [0.4, 0.5) is 5.69 Å². The predicted molar refractivity (Wildman–Crippen MR) is 92.7 cm³/mol. The Hall–Kier alpha value is -1.97. The lowest BCUT2D eigenvalue weighted by Gasteiger charge is -2.32. The van der Waals surface area contributed by atoms with E-state index < -0.39 is 0 Å². The number of amides is 1. The van der Waals surface area contributed by atoms with Crippen molar-refractivity contribution in [2.75, 3.05) is 12.8 Å². The molecule has 0 aliphatic carbocycles. The lowest BCUT2D eigenvalue weighted by Crippen LogP contribution is -2.45. The molecule has 22 heavy (non-hydrogen) atoms. The molecule has 0 spiro atoms. The van der Waals surface area contributed by atoms with Gasteiger partial charge in [0.2, 0.25) is 5.91 Å². The van der Waals surface area contributed by atoms with Crippen LogP contribution < -0.4 is 15.8 Å². The summed E-state index contributed by atoms with van der Waals surface area (Å²) in [6, 6.07) is 5.43. The standard InChI is InChI=1S/C18H28N2O2/c1-17(2,3)12-18(4,5)20-16(21)10-8-13-7-9-15(22-6)14(19)11-13/h7-11H,12,19H2,1-6H3,(H,20,21)/b10-8-. The molecule has 1 aromatic carbocycles.